The van der Waals surface area contributed by atoms with E-state index in [1.165, 1.54) is 31.3 Å². The Hall–Kier alpha value is -2.90. The van der Waals surface area contributed by atoms with Gasteiger partial charge in [-0.15, -0.1) is 0 Å². The van der Waals surface area contributed by atoms with Crippen LogP contribution in [0.2, 0.25) is 5.02 Å². The molecule has 4 rings (SSSR count). The fourth-order valence-electron chi connectivity index (χ4n) is 3.29. The number of aryl methyl sites for hydroxylation is 1. The SMILES string of the molecule is CCc1cc(-c2cc(F)c(NSc3ccccc3Cl)cc2OC)cc2cnc(F)nc12. The van der Waals surface area contributed by atoms with Crippen LogP contribution in [0.5, 0.6) is 5.75 Å². The zero-order valence-electron chi connectivity index (χ0n) is 16.7. The third kappa shape index (κ3) is 4.43. The van der Waals surface area contributed by atoms with Crippen LogP contribution in [0.4, 0.5) is 14.5 Å². The molecule has 3 aromatic carbocycles. The van der Waals surface area contributed by atoms with Crippen molar-refractivity contribution in [1.82, 2.24) is 9.97 Å². The second-order valence-electron chi connectivity index (χ2n) is 6.73. The molecule has 1 aromatic heterocycles. The van der Waals surface area contributed by atoms with Crippen molar-refractivity contribution in [2.24, 2.45) is 0 Å². The van der Waals surface area contributed by atoms with E-state index in [4.69, 9.17) is 16.3 Å². The summed E-state index contributed by atoms with van der Waals surface area (Å²) in [4.78, 5) is 8.33. The molecule has 0 aliphatic rings. The van der Waals surface area contributed by atoms with Gasteiger partial charge >= 0.3 is 6.08 Å². The van der Waals surface area contributed by atoms with Crippen LogP contribution >= 0.6 is 23.5 Å². The molecule has 0 saturated heterocycles. The molecule has 0 aliphatic heterocycles. The lowest BCUT2D eigenvalue weighted by Gasteiger charge is -2.15. The molecule has 0 saturated carbocycles. The summed E-state index contributed by atoms with van der Waals surface area (Å²) in [7, 11) is 1.53. The number of methoxy groups -OCH3 is 1. The second-order valence-corrected chi connectivity index (χ2v) is 7.99. The fourth-order valence-corrected chi connectivity index (χ4v) is 4.23. The minimum atomic E-state index is -0.773. The molecular weight excluding hydrogens is 440 g/mol. The number of halogens is 3. The molecule has 0 spiro atoms. The molecule has 0 bridgehead atoms. The summed E-state index contributed by atoms with van der Waals surface area (Å²) in [5, 5.41) is 1.25. The van der Waals surface area contributed by atoms with Gasteiger partial charge in [0.15, 0.2) is 0 Å². The van der Waals surface area contributed by atoms with Crippen LogP contribution in [0.15, 0.2) is 59.6 Å². The first-order valence-electron chi connectivity index (χ1n) is 9.50. The summed E-state index contributed by atoms with van der Waals surface area (Å²) in [6.45, 7) is 1.95. The van der Waals surface area contributed by atoms with Crippen LogP contribution in [-0.2, 0) is 6.42 Å². The van der Waals surface area contributed by atoms with Crippen LogP contribution in [0, 0.1) is 11.9 Å². The molecule has 0 unspecified atom stereocenters. The summed E-state index contributed by atoms with van der Waals surface area (Å²) in [6.07, 6.45) is 1.30. The van der Waals surface area contributed by atoms with Crippen LogP contribution < -0.4 is 9.46 Å². The van der Waals surface area contributed by atoms with E-state index in [-0.39, 0.29) is 5.69 Å². The number of anilines is 1. The third-order valence-corrected chi connectivity index (χ3v) is 6.16. The van der Waals surface area contributed by atoms with E-state index in [0.717, 1.165) is 16.0 Å². The Balaban J connectivity index is 1.73. The lowest BCUT2D eigenvalue weighted by Crippen LogP contribution is -1.98. The maximum absolute atomic E-state index is 15.0. The molecule has 0 atom stereocenters. The fraction of sp³-hybridized carbons (Fsp3) is 0.130. The first-order valence-corrected chi connectivity index (χ1v) is 10.7. The van der Waals surface area contributed by atoms with Gasteiger partial charge in [-0.1, -0.05) is 30.7 Å². The maximum Gasteiger partial charge on any atom is 0.309 e. The van der Waals surface area contributed by atoms with E-state index in [2.05, 4.69) is 14.7 Å². The molecule has 0 aliphatic carbocycles. The summed E-state index contributed by atoms with van der Waals surface area (Å²) < 4.78 is 37.0. The van der Waals surface area contributed by atoms with E-state index in [1.807, 2.05) is 31.2 Å². The van der Waals surface area contributed by atoms with Crippen LogP contribution in [-0.4, -0.2) is 17.1 Å². The third-order valence-electron chi connectivity index (χ3n) is 4.82. The van der Waals surface area contributed by atoms with Crippen molar-refractivity contribution in [3.63, 3.8) is 0 Å². The number of rotatable bonds is 6. The number of hydrogen-bond acceptors (Lipinski definition) is 5. The van der Waals surface area contributed by atoms with Crippen molar-refractivity contribution >= 4 is 40.1 Å². The van der Waals surface area contributed by atoms with Crippen LogP contribution in [0.1, 0.15) is 12.5 Å². The average Bonchev–Trinajstić information content (AvgIpc) is 2.78. The monoisotopic (exact) mass is 457 g/mol. The lowest BCUT2D eigenvalue weighted by atomic mass is 9.98. The van der Waals surface area contributed by atoms with Gasteiger partial charge in [-0.25, -0.2) is 14.4 Å². The lowest BCUT2D eigenvalue weighted by molar-refractivity contribution is 0.416. The Bertz CT molecular complexity index is 1270. The Morgan fingerprint density at radius 2 is 1.94 bits per heavy atom. The highest BCUT2D eigenvalue weighted by atomic mass is 35.5. The Labute approximate surface area is 187 Å². The normalized spacial score (nSPS) is 11.0. The number of fused-ring (bicyclic) bond motifs is 1. The van der Waals surface area contributed by atoms with Crippen molar-refractivity contribution in [2.75, 3.05) is 11.8 Å². The van der Waals surface area contributed by atoms with E-state index in [1.54, 1.807) is 18.2 Å². The van der Waals surface area contributed by atoms with Crippen molar-refractivity contribution in [3.05, 3.63) is 77.2 Å². The number of nitrogens with zero attached hydrogens (tertiary/aromatic N) is 2. The topological polar surface area (TPSA) is 47.0 Å². The molecule has 1 heterocycles. The summed E-state index contributed by atoms with van der Waals surface area (Å²) in [6, 6.07) is 14.0. The van der Waals surface area contributed by atoms with Gasteiger partial charge in [-0.2, -0.15) is 4.39 Å². The largest absolute Gasteiger partial charge is 0.496 e. The zero-order valence-corrected chi connectivity index (χ0v) is 18.3. The molecule has 1 N–H and O–H groups in total. The van der Waals surface area contributed by atoms with E-state index in [0.29, 0.717) is 33.7 Å². The Kier molecular flexibility index (Phi) is 6.25. The van der Waals surface area contributed by atoms with Crippen LogP contribution in [0.25, 0.3) is 22.0 Å². The molecule has 0 fully saturated rings. The predicted octanol–water partition coefficient (Wildman–Crippen LogP) is 6.92. The van der Waals surface area contributed by atoms with Gasteiger partial charge in [0, 0.05) is 28.1 Å². The minimum absolute atomic E-state index is 0.271. The standard InChI is InChI=1S/C23H18ClF2N3OS/c1-3-13-8-14(9-15-12-27-23(26)28-22(13)15)16-10-18(25)19(11-20(16)30-2)29-31-21-7-5-4-6-17(21)24/h4-12,29H,3H2,1-2H3. The summed E-state index contributed by atoms with van der Waals surface area (Å²) >= 11 is 7.38. The Morgan fingerprint density at radius 1 is 1.13 bits per heavy atom. The van der Waals surface area contributed by atoms with Gasteiger partial charge in [0.2, 0.25) is 0 Å². The molecule has 0 amide bonds. The number of ether oxygens (including phenoxy) is 1. The van der Waals surface area contributed by atoms with Gasteiger partial charge in [-0.3, -0.25) is 0 Å². The molecule has 31 heavy (non-hydrogen) atoms. The number of benzene rings is 3. The van der Waals surface area contributed by atoms with Gasteiger partial charge < -0.3 is 9.46 Å². The van der Waals surface area contributed by atoms with Crippen LogP contribution in [0.3, 0.4) is 0 Å². The predicted molar refractivity (Wildman–Crippen MR) is 122 cm³/mol. The van der Waals surface area contributed by atoms with Crippen molar-refractivity contribution in [2.45, 2.75) is 18.2 Å². The van der Waals surface area contributed by atoms with E-state index in [9.17, 15) is 8.78 Å². The van der Waals surface area contributed by atoms with Gasteiger partial charge in [-0.05, 0) is 59.8 Å². The highest BCUT2D eigenvalue weighted by Gasteiger charge is 2.16. The zero-order chi connectivity index (χ0) is 22.0. The van der Waals surface area contributed by atoms with Crippen molar-refractivity contribution in [1.29, 1.82) is 0 Å². The number of aromatic nitrogens is 2. The number of nitrogens with one attached hydrogen (secondary N) is 1. The smallest absolute Gasteiger partial charge is 0.309 e. The summed E-state index contributed by atoms with van der Waals surface area (Å²) in [5.74, 6) is 0.0527. The molecule has 4 aromatic rings. The first-order chi connectivity index (χ1) is 15.0. The highest BCUT2D eigenvalue weighted by molar-refractivity contribution is 8.00. The van der Waals surface area contributed by atoms with Gasteiger partial charge in [0.1, 0.15) is 11.6 Å². The van der Waals surface area contributed by atoms with Gasteiger partial charge in [0.05, 0.1) is 23.3 Å². The quantitative estimate of drug-likeness (QED) is 0.251. The maximum atomic E-state index is 15.0. The second kappa shape index (κ2) is 9.08. The molecule has 8 heteroatoms. The van der Waals surface area contributed by atoms with Gasteiger partial charge in [0.25, 0.3) is 0 Å². The van der Waals surface area contributed by atoms with Crippen molar-refractivity contribution in [3.8, 4) is 16.9 Å². The highest BCUT2D eigenvalue weighted by Crippen LogP contribution is 2.38. The Morgan fingerprint density at radius 3 is 2.68 bits per heavy atom. The molecule has 4 nitrogen and oxygen atoms in total. The molecular formula is C23H18ClF2N3OS. The number of hydrogen-bond donors (Lipinski definition) is 1. The van der Waals surface area contributed by atoms with E-state index >= 15 is 0 Å². The molecule has 158 valence electrons. The molecule has 0 radical (unpaired) electrons. The van der Waals surface area contributed by atoms with E-state index < -0.39 is 11.9 Å². The average molecular weight is 458 g/mol. The summed E-state index contributed by atoms with van der Waals surface area (Å²) in [5.41, 5.74) is 2.97. The first kappa shape index (κ1) is 21.3. The van der Waals surface area contributed by atoms with Crippen molar-refractivity contribution < 1.29 is 13.5 Å². The minimum Gasteiger partial charge on any atom is -0.496 e.